The van der Waals surface area contributed by atoms with E-state index in [2.05, 4.69) is 5.32 Å². The van der Waals surface area contributed by atoms with Gasteiger partial charge in [-0.05, 0) is 55.4 Å². The monoisotopic (exact) mass is 231 g/mol. The van der Waals surface area contributed by atoms with Gasteiger partial charge in [-0.3, -0.25) is 4.79 Å². The first-order valence-corrected chi connectivity index (χ1v) is 6.32. The molecule has 1 aromatic carbocycles. The molecule has 3 unspecified atom stereocenters. The average molecular weight is 231 g/mol. The van der Waals surface area contributed by atoms with Gasteiger partial charge in [0.05, 0.1) is 0 Å². The maximum Gasteiger partial charge on any atom is 0.251 e. The molecule has 17 heavy (non-hydrogen) atoms. The van der Waals surface area contributed by atoms with E-state index in [4.69, 9.17) is 0 Å². The van der Waals surface area contributed by atoms with Crippen molar-refractivity contribution in [2.24, 2.45) is 11.8 Å². The number of benzene rings is 1. The minimum atomic E-state index is -0.0115. The Balaban J connectivity index is 1.65. The summed E-state index contributed by atoms with van der Waals surface area (Å²) < 4.78 is 0. The number of nitrogens with one attached hydrogen (secondary N) is 1. The third-order valence-corrected chi connectivity index (χ3v) is 4.18. The molecule has 3 rings (SSSR count). The standard InChI is InChI=1S/C14H17NO2/c16-12-5-3-10(4-6-12)14(17)15-13-8-9-1-2-11(13)7-9/h3-6,9,11,13,16H,1-2,7-8H2,(H,15,17). The van der Waals surface area contributed by atoms with Crippen LogP contribution in [0.4, 0.5) is 0 Å². The molecule has 2 bridgehead atoms. The lowest BCUT2D eigenvalue weighted by Gasteiger charge is -2.22. The summed E-state index contributed by atoms with van der Waals surface area (Å²) >= 11 is 0. The van der Waals surface area contributed by atoms with Crippen LogP contribution in [-0.4, -0.2) is 17.1 Å². The van der Waals surface area contributed by atoms with E-state index in [1.807, 2.05) is 0 Å². The number of carbonyl (C=O) groups is 1. The van der Waals surface area contributed by atoms with Crippen LogP contribution < -0.4 is 5.32 Å². The molecular weight excluding hydrogens is 214 g/mol. The molecule has 0 spiro atoms. The van der Waals surface area contributed by atoms with E-state index in [1.54, 1.807) is 24.3 Å². The quantitative estimate of drug-likeness (QED) is 0.820. The van der Waals surface area contributed by atoms with Gasteiger partial charge in [0, 0.05) is 11.6 Å². The molecule has 3 nitrogen and oxygen atoms in total. The lowest BCUT2D eigenvalue weighted by Crippen LogP contribution is -2.38. The Morgan fingerprint density at radius 2 is 1.94 bits per heavy atom. The Labute approximate surface area is 101 Å². The molecule has 2 aliphatic carbocycles. The smallest absolute Gasteiger partial charge is 0.251 e. The highest BCUT2D eigenvalue weighted by molar-refractivity contribution is 5.94. The third-order valence-electron chi connectivity index (χ3n) is 4.18. The number of rotatable bonds is 2. The summed E-state index contributed by atoms with van der Waals surface area (Å²) in [6.07, 6.45) is 5.05. The van der Waals surface area contributed by atoms with Crippen LogP contribution in [-0.2, 0) is 0 Å². The van der Waals surface area contributed by atoms with Crippen LogP contribution in [0.1, 0.15) is 36.0 Å². The fourth-order valence-corrected chi connectivity index (χ4v) is 3.29. The minimum absolute atomic E-state index is 0.0115. The van der Waals surface area contributed by atoms with Gasteiger partial charge in [0.2, 0.25) is 0 Å². The van der Waals surface area contributed by atoms with E-state index in [9.17, 15) is 9.90 Å². The van der Waals surface area contributed by atoms with Gasteiger partial charge >= 0.3 is 0 Å². The summed E-state index contributed by atoms with van der Waals surface area (Å²) in [5.41, 5.74) is 0.630. The van der Waals surface area contributed by atoms with Crippen LogP contribution in [0.25, 0.3) is 0 Å². The number of hydrogen-bond donors (Lipinski definition) is 2. The van der Waals surface area contributed by atoms with Crippen molar-refractivity contribution in [1.29, 1.82) is 0 Å². The first kappa shape index (κ1) is 10.6. The summed E-state index contributed by atoms with van der Waals surface area (Å²) in [6.45, 7) is 0. The number of aromatic hydroxyl groups is 1. The van der Waals surface area contributed by atoms with E-state index in [0.29, 0.717) is 17.5 Å². The Morgan fingerprint density at radius 3 is 2.53 bits per heavy atom. The largest absolute Gasteiger partial charge is 0.508 e. The molecule has 0 heterocycles. The third kappa shape index (κ3) is 2.02. The molecule has 0 radical (unpaired) electrons. The van der Waals surface area contributed by atoms with E-state index in [1.165, 1.54) is 19.3 Å². The summed E-state index contributed by atoms with van der Waals surface area (Å²) in [4.78, 5) is 12.0. The highest BCUT2D eigenvalue weighted by atomic mass is 16.3. The lowest BCUT2D eigenvalue weighted by atomic mass is 9.95. The molecule has 2 saturated carbocycles. The van der Waals surface area contributed by atoms with Gasteiger partial charge in [-0.2, -0.15) is 0 Å². The molecule has 90 valence electrons. The molecule has 0 aromatic heterocycles. The van der Waals surface area contributed by atoms with Crippen molar-refractivity contribution >= 4 is 5.91 Å². The molecule has 2 N–H and O–H groups in total. The van der Waals surface area contributed by atoms with Crippen molar-refractivity contribution in [3.8, 4) is 5.75 Å². The van der Waals surface area contributed by atoms with E-state index < -0.39 is 0 Å². The van der Waals surface area contributed by atoms with Gasteiger partial charge in [0.25, 0.3) is 5.91 Å². The van der Waals surface area contributed by atoms with Gasteiger partial charge in [0.15, 0.2) is 0 Å². The molecule has 0 aliphatic heterocycles. The van der Waals surface area contributed by atoms with Crippen LogP contribution in [0, 0.1) is 11.8 Å². The molecular formula is C14H17NO2. The Hall–Kier alpha value is -1.51. The second kappa shape index (κ2) is 4.06. The number of hydrogen-bond acceptors (Lipinski definition) is 2. The topological polar surface area (TPSA) is 49.3 Å². The van der Waals surface area contributed by atoms with Gasteiger partial charge in [0.1, 0.15) is 5.75 Å². The van der Waals surface area contributed by atoms with E-state index in [-0.39, 0.29) is 11.7 Å². The summed E-state index contributed by atoms with van der Waals surface area (Å²) in [5, 5.41) is 12.3. The minimum Gasteiger partial charge on any atom is -0.508 e. The molecule has 1 aromatic rings. The number of fused-ring (bicyclic) bond motifs is 2. The molecule has 3 heteroatoms. The fourth-order valence-electron chi connectivity index (χ4n) is 3.29. The zero-order valence-electron chi connectivity index (χ0n) is 9.73. The molecule has 0 saturated heterocycles. The maximum atomic E-state index is 12.0. The van der Waals surface area contributed by atoms with Crippen molar-refractivity contribution < 1.29 is 9.90 Å². The van der Waals surface area contributed by atoms with Crippen molar-refractivity contribution in [2.45, 2.75) is 31.7 Å². The summed E-state index contributed by atoms with van der Waals surface area (Å²) in [5.74, 6) is 1.72. The second-order valence-electron chi connectivity index (χ2n) is 5.30. The highest BCUT2D eigenvalue weighted by Gasteiger charge is 2.40. The number of phenols is 1. The molecule has 2 aliphatic rings. The summed E-state index contributed by atoms with van der Waals surface area (Å²) in [6, 6.07) is 6.80. The van der Waals surface area contributed by atoms with Crippen molar-refractivity contribution in [1.82, 2.24) is 5.32 Å². The predicted octanol–water partition coefficient (Wildman–Crippen LogP) is 2.31. The van der Waals surface area contributed by atoms with Gasteiger partial charge < -0.3 is 10.4 Å². The molecule has 3 atom stereocenters. The highest BCUT2D eigenvalue weighted by Crippen LogP contribution is 2.44. The van der Waals surface area contributed by atoms with E-state index >= 15 is 0 Å². The van der Waals surface area contributed by atoms with Crippen molar-refractivity contribution in [3.63, 3.8) is 0 Å². The number of amides is 1. The van der Waals surface area contributed by atoms with E-state index in [0.717, 1.165) is 12.3 Å². The zero-order chi connectivity index (χ0) is 11.8. The fraction of sp³-hybridized carbons (Fsp3) is 0.500. The second-order valence-corrected chi connectivity index (χ2v) is 5.30. The Morgan fingerprint density at radius 1 is 1.18 bits per heavy atom. The van der Waals surface area contributed by atoms with Crippen LogP contribution in [0.5, 0.6) is 5.75 Å². The number of phenolic OH excluding ortho intramolecular Hbond substituents is 1. The van der Waals surface area contributed by atoms with Crippen molar-refractivity contribution in [2.75, 3.05) is 0 Å². The molecule has 2 fully saturated rings. The summed E-state index contributed by atoms with van der Waals surface area (Å²) in [7, 11) is 0. The molecule has 1 amide bonds. The van der Waals surface area contributed by atoms with Gasteiger partial charge in [-0.25, -0.2) is 0 Å². The van der Waals surface area contributed by atoms with Gasteiger partial charge in [-0.15, -0.1) is 0 Å². The first-order chi connectivity index (χ1) is 8.22. The lowest BCUT2D eigenvalue weighted by molar-refractivity contribution is 0.0923. The average Bonchev–Trinajstić information content (AvgIpc) is 2.91. The first-order valence-electron chi connectivity index (χ1n) is 6.32. The maximum absolute atomic E-state index is 12.0. The van der Waals surface area contributed by atoms with Crippen LogP contribution in [0.15, 0.2) is 24.3 Å². The Kier molecular flexibility index (Phi) is 2.54. The normalized spacial score (nSPS) is 30.5. The zero-order valence-corrected chi connectivity index (χ0v) is 9.73. The van der Waals surface area contributed by atoms with Gasteiger partial charge in [-0.1, -0.05) is 6.42 Å². The van der Waals surface area contributed by atoms with Crippen LogP contribution in [0.3, 0.4) is 0 Å². The Bertz CT molecular complexity index is 426. The predicted molar refractivity (Wildman–Crippen MR) is 64.8 cm³/mol. The van der Waals surface area contributed by atoms with Crippen molar-refractivity contribution in [3.05, 3.63) is 29.8 Å². The van der Waals surface area contributed by atoms with Crippen LogP contribution in [0.2, 0.25) is 0 Å². The number of carbonyl (C=O) groups excluding carboxylic acids is 1. The van der Waals surface area contributed by atoms with Crippen LogP contribution >= 0.6 is 0 Å². The SMILES string of the molecule is O=C(NC1CC2CCC1C2)c1ccc(O)cc1.